The van der Waals surface area contributed by atoms with Crippen LogP contribution in [0.25, 0.3) is 0 Å². The number of hydrogen-bond acceptors (Lipinski definition) is 3. The van der Waals surface area contributed by atoms with E-state index in [0.29, 0.717) is 12.8 Å². The van der Waals surface area contributed by atoms with Crippen molar-refractivity contribution in [2.45, 2.75) is 443 Å². The van der Waals surface area contributed by atoms with Crippen molar-refractivity contribution in [3.05, 3.63) is 24.3 Å². The maximum Gasteiger partial charge on any atom is 0.220 e. The number of unbranched alkanes of at least 4 members (excludes halogenated alkanes) is 59. The molecule has 0 spiro atoms. The van der Waals surface area contributed by atoms with Gasteiger partial charge in [-0.3, -0.25) is 4.79 Å². The van der Waals surface area contributed by atoms with Crippen LogP contribution in [0.2, 0.25) is 0 Å². The first-order valence-corrected chi connectivity index (χ1v) is 37.0. The largest absolute Gasteiger partial charge is 0.394 e. The molecule has 0 heterocycles. The van der Waals surface area contributed by atoms with Gasteiger partial charge < -0.3 is 15.5 Å². The molecule has 3 N–H and O–H groups in total. The molecule has 79 heavy (non-hydrogen) atoms. The smallest absolute Gasteiger partial charge is 0.220 e. The van der Waals surface area contributed by atoms with Crippen LogP contribution in [0.3, 0.4) is 0 Å². The number of aliphatic hydroxyl groups excluding tert-OH is 2. The van der Waals surface area contributed by atoms with Gasteiger partial charge in [0.2, 0.25) is 5.91 Å². The zero-order valence-corrected chi connectivity index (χ0v) is 54.4. The fourth-order valence-corrected chi connectivity index (χ4v) is 12.1. The Balaban J connectivity index is 3.35. The number of allylic oxidation sites excluding steroid dienone is 4. The summed E-state index contributed by atoms with van der Waals surface area (Å²) in [5.41, 5.74) is 0. The number of hydrogen-bond donors (Lipinski definition) is 3. The maximum atomic E-state index is 12.6. The molecule has 0 aromatic heterocycles. The quantitative estimate of drug-likeness (QED) is 0.0420. The number of carbonyl (C=O) groups is 1. The molecule has 0 bridgehead atoms. The van der Waals surface area contributed by atoms with Gasteiger partial charge in [-0.1, -0.05) is 404 Å². The highest BCUT2D eigenvalue weighted by Crippen LogP contribution is 2.20. The maximum absolute atomic E-state index is 12.6. The third kappa shape index (κ3) is 67.5. The van der Waals surface area contributed by atoms with E-state index in [2.05, 4.69) is 43.5 Å². The zero-order chi connectivity index (χ0) is 56.9. The average Bonchev–Trinajstić information content (AvgIpc) is 3.45. The van der Waals surface area contributed by atoms with Crippen LogP contribution in [0.4, 0.5) is 0 Å². The highest BCUT2D eigenvalue weighted by Gasteiger charge is 2.20. The second-order valence-electron chi connectivity index (χ2n) is 25.7. The Morgan fingerprint density at radius 3 is 0.759 bits per heavy atom. The summed E-state index contributed by atoms with van der Waals surface area (Å²) < 4.78 is 0. The molecule has 0 saturated heterocycles. The van der Waals surface area contributed by atoms with E-state index in [-0.39, 0.29) is 12.5 Å². The summed E-state index contributed by atoms with van der Waals surface area (Å²) >= 11 is 0. The molecule has 470 valence electrons. The predicted molar refractivity (Wildman–Crippen MR) is 355 cm³/mol. The Kier molecular flexibility index (Phi) is 70.1. The normalized spacial score (nSPS) is 12.7. The molecule has 0 fully saturated rings. The van der Waals surface area contributed by atoms with E-state index >= 15 is 0 Å². The summed E-state index contributed by atoms with van der Waals surface area (Å²) in [6.07, 6.45) is 96.9. The second kappa shape index (κ2) is 71.1. The molecule has 0 aliphatic carbocycles. The van der Waals surface area contributed by atoms with Crippen LogP contribution >= 0.6 is 0 Å². The Bertz CT molecular complexity index is 1170. The molecule has 0 aromatic carbocycles. The van der Waals surface area contributed by atoms with Crippen molar-refractivity contribution in [1.82, 2.24) is 5.32 Å². The molecule has 2 unspecified atom stereocenters. The summed E-state index contributed by atoms with van der Waals surface area (Å²) in [6, 6.07) is -0.535. The first-order chi connectivity index (χ1) is 39.2. The van der Waals surface area contributed by atoms with Crippen molar-refractivity contribution in [3.8, 4) is 0 Å². The van der Waals surface area contributed by atoms with Crippen molar-refractivity contribution < 1.29 is 15.0 Å². The molecule has 0 saturated carbocycles. The number of nitrogens with one attached hydrogen (secondary N) is 1. The lowest BCUT2D eigenvalue weighted by Crippen LogP contribution is -2.45. The molecular formula is C75H147NO3. The Morgan fingerprint density at radius 2 is 0.519 bits per heavy atom. The molecule has 4 heteroatoms. The Labute approximate surface area is 498 Å². The fourth-order valence-electron chi connectivity index (χ4n) is 12.1. The monoisotopic (exact) mass is 1110 g/mol. The van der Waals surface area contributed by atoms with E-state index < -0.39 is 12.1 Å². The third-order valence-electron chi connectivity index (χ3n) is 17.7. The SMILES string of the molecule is CCCCCCC/C=C\C/C=C\CCCCCCCCCCCCCCCCCCCCCCCCCCCCCCCC(=O)NC(CO)C(O)CCCCCCCCCCCCCCCCCCCCCCCCCCCC. The third-order valence-corrected chi connectivity index (χ3v) is 17.7. The average molecular weight is 1110 g/mol. The first kappa shape index (κ1) is 77.9. The lowest BCUT2D eigenvalue weighted by molar-refractivity contribution is -0.123. The van der Waals surface area contributed by atoms with Gasteiger partial charge in [-0.15, -0.1) is 0 Å². The molecule has 0 aliphatic heterocycles. The minimum absolute atomic E-state index is 0.0203. The van der Waals surface area contributed by atoms with Crippen molar-refractivity contribution in [2.75, 3.05) is 6.61 Å². The predicted octanol–water partition coefficient (Wildman–Crippen LogP) is 25.3. The summed E-state index contributed by atoms with van der Waals surface area (Å²) in [7, 11) is 0. The molecule has 0 radical (unpaired) electrons. The number of rotatable bonds is 70. The highest BCUT2D eigenvalue weighted by atomic mass is 16.3. The van der Waals surface area contributed by atoms with E-state index in [4.69, 9.17) is 0 Å². The van der Waals surface area contributed by atoms with Gasteiger partial charge in [0.25, 0.3) is 0 Å². The minimum Gasteiger partial charge on any atom is -0.394 e. The molecule has 4 nitrogen and oxygen atoms in total. The molecule has 0 aliphatic rings. The van der Waals surface area contributed by atoms with Crippen molar-refractivity contribution in [1.29, 1.82) is 0 Å². The molecule has 1 amide bonds. The van der Waals surface area contributed by atoms with E-state index in [1.54, 1.807) is 0 Å². The van der Waals surface area contributed by atoms with Crippen molar-refractivity contribution in [3.63, 3.8) is 0 Å². The van der Waals surface area contributed by atoms with Crippen LogP contribution < -0.4 is 5.32 Å². The minimum atomic E-state index is -0.658. The standard InChI is InChI=1S/C75H147NO3/c1-3-5-7-9-11-13-15-17-19-21-23-25-27-29-31-32-33-34-35-36-37-38-39-40-41-42-43-44-45-47-49-51-53-55-57-59-61-63-65-67-69-71-75(79)76-73(72-77)74(78)70-68-66-64-62-60-58-56-54-52-50-48-46-30-28-26-24-22-20-18-16-14-12-10-8-6-4-2/h15,17,21,23,73-74,77-78H,3-14,16,18-20,22,24-72H2,1-2H3,(H,76,79)/b17-15-,23-21-. The van der Waals surface area contributed by atoms with Gasteiger partial charge in [0, 0.05) is 6.42 Å². The van der Waals surface area contributed by atoms with Crippen molar-refractivity contribution >= 4 is 5.91 Å². The topological polar surface area (TPSA) is 69.6 Å². The summed E-state index contributed by atoms with van der Waals surface area (Å²) in [5, 5.41) is 23.5. The highest BCUT2D eigenvalue weighted by molar-refractivity contribution is 5.76. The van der Waals surface area contributed by atoms with Crippen LogP contribution in [0, 0.1) is 0 Å². The lowest BCUT2D eigenvalue weighted by atomic mass is 10.0. The van der Waals surface area contributed by atoms with Crippen LogP contribution in [0.1, 0.15) is 431 Å². The van der Waals surface area contributed by atoms with Gasteiger partial charge in [-0.05, 0) is 44.9 Å². The summed E-state index contributed by atoms with van der Waals surface area (Å²) in [5.74, 6) is -0.0203. The van der Waals surface area contributed by atoms with Crippen LogP contribution in [0.5, 0.6) is 0 Å². The van der Waals surface area contributed by atoms with E-state index in [1.807, 2.05) is 0 Å². The van der Waals surface area contributed by atoms with Crippen LogP contribution in [-0.4, -0.2) is 34.9 Å². The Morgan fingerprint density at radius 1 is 0.304 bits per heavy atom. The van der Waals surface area contributed by atoms with Gasteiger partial charge in [0.1, 0.15) is 0 Å². The van der Waals surface area contributed by atoms with Crippen LogP contribution in [-0.2, 0) is 4.79 Å². The van der Waals surface area contributed by atoms with E-state index in [0.717, 1.165) is 32.1 Å². The zero-order valence-electron chi connectivity index (χ0n) is 54.4. The van der Waals surface area contributed by atoms with Gasteiger partial charge >= 0.3 is 0 Å². The first-order valence-electron chi connectivity index (χ1n) is 37.0. The molecule has 0 aromatic rings. The number of amides is 1. The number of aliphatic hydroxyl groups is 2. The van der Waals surface area contributed by atoms with Crippen LogP contribution in [0.15, 0.2) is 24.3 Å². The van der Waals surface area contributed by atoms with Gasteiger partial charge in [0.05, 0.1) is 18.8 Å². The lowest BCUT2D eigenvalue weighted by Gasteiger charge is -2.22. The number of carbonyl (C=O) groups excluding carboxylic acids is 1. The Hall–Kier alpha value is -1.13. The van der Waals surface area contributed by atoms with E-state index in [1.165, 1.54) is 372 Å². The summed E-state index contributed by atoms with van der Waals surface area (Å²) in [4.78, 5) is 12.6. The second-order valence-corrected chi connectivity index (χ2v) is 25.7. The summed E-state index contributed by atoms with van der Waals surface area (Å²) in [6.45, 7) is 4.40. The van der Waals surface area contributed by atoms with Gasteiger partial charge in [-0.25, -0.2) is 0 Å². The van der Waals surface area contributed by atoms with Gasteiger partial charge in [0.15, 0.2) is 0 Å². The molecular weight excluding hydrogens is 963 g/mol. The fraction of sp³-hybridized carbons (Fsp3) is 0.933. The molecule has 0 rings (SSSR count). The van der Waals surface area contributed by atoms with E-state index in [9.17, 15) is 15.0 Å². The van der Waals surface area contributed by atoms with Crippen molar-refractivity contribution in [2.24, 2.45) is 0 Å². The molecule has 2 atom stereocenters. The van der Waals surface area contributed by atoms with Gasteiger partial charge in [-0.2, -0.15) is 0 Å².